The van der Waals surface area contributed by atoms with Gasteiger partial charge in [-0.25, -0.2) is 9.78 Å². The van der Waals surface area contributed by atoms with E-state index in [0.717, 1.165) is 35.9 Å². The van der Waals surface area contributed by atoms with Crippen LogP contribution in [-0.2, 0) is 11.2 Å². The molecule has 0 spiro atoms. The van der Waals surface area contributed by atoms with E-state index in [9.17, 15) is 4.79 Å². The van der Waals surface area contributed by atoms with Crippen molar-refractivity contribution in [2.24, 2.45) is 0 Å². The Labute approximate surface area is 157 Å². The summed E-state index contributed by atoms with van der Waals surface area (Å²) in [6.45, 7) is 2.61. The molecule has 1 aliphatic carbocycles. The van der Waals surface area contributed by atoms with E-state index in [1.165, 1.54) is 11.3 Å². The van der Waals surface area contributed by atoms with E-state index >= 15 is 0 Å². The maximum Gasteiger partial charge on any atom is 0.515 e. The molecule has 1 unspecified atom stereocenters. The van der Waals surface area contributed by atoms with Crippen molar-refractivity contribution in [3.8, 4) is 11.6 Å². The van der Waals surface area contributed by atoms with Gasteiger partial charge in [-0.1, -0.05) is 18.2 Å². The van der Waals surface area contributed by atoms with Gasteiger partial charge in [0.1, 0.15) is 5.75 Å². The normalized spacial score (nSPS) is 16.0. The first kappa shape index (κ1) is 17.4. The number of hydrogen-bond acceptors (Lipinski definition) is 5. The number of carbonyl (C=O) groups excluding carboxylic acids is 1. The van der Waals surface area contributed by atoms with Crippen molar-refractivity contribution in [1.29, 1.82) is 0 Å². The molecule has 1 atom stereocenters. The number of benzene rings is 1. The second kappa shape index (κ2) is 7.70. The first-order chi connectivity index (χ1) is 13.2. The van der Waals surface area contributed by atoms with Crippen LogP contribution in [0.25, 0.3) is 10.9 Å². The zero-order chi connectivity index (χ0) is 18.6. The third-order valence-corrected chi connectivity index (χ3v) is 4.81. The summed E-state index contributed by atoms with van der Waals surface area (Å²) in [5, 5.41) is 1.03. The van der Waals surface area contributed by atoms with Crippen molar-refractivity contribution in [3.63, 3.8) is 0 Å². The molecule has 0 bridgehead atoms. The van der Waals surface area contributed by atoms with E-state index in [1.807, 2.05) is 36.4 Å². The number of hydrogen-bond donors (Lipinski definition) is 1. The molecule has 0 radical (unpaired) electrons. The van der Waals surface area contributed by atoms with Crippen molar-refractivity contribution in [1.82, 2.24) is 9.97 Å². The lowest BCUT2D eigenvalue weighted by Gasteiger charge is -2.23. The Kier molecular flexibility index (Phi) is 4.96. The zero-order valence-corrected chi connectivity index (χ0v) is 15.2. The fourth-order valence-corrected chi connectivity index (χ4v) is 3.65. The molecule has 4 rings (SSSR count). The smallest absolute Gasteiger partial charge is 0.493 e. The summed E-state index contributed by atoms with van der Waals surface area (Å²) in [6.07, 6.45) is 4.14. The number of ether oxygens (including phenoxy) is 3. The van der Waals surface area contributed by atoms with E-state index in [0.29, 0.717) is 6.61 Å². The van der Waals surface area contributed by atoms with Crippen LogP contribution in [0.15, 0.2) is 42.6 Å². The van der Waals surface area contributed by atoms with Gasteiger partial charge in [-0.3, -0.25) is 0 Å². The van der Waals surface area contributed by atoms with Crippen LogP contribution in [0, 0.1) is 0 Å². The van der Waals surface area contributed by atoms with Gasteiger partial charge >= 0.3 is 6.16 Å². The second-order valence-electron chi connectivity index (χ2n) is 6.58. The number of nitrogens with one attached hydrogen (secondary N) is 1. The molecule has 0 saturated heterocycles. The Morgan fingerprint density at radius 3 is 2.96 bits per heavy atom. The van der Waals surface area contributed by atoms with Gasteiger partial charge in [0.2, 0.25) is 5.88 Å². The van der Waals surface area contributed by atoms with Crippen molar-refractivity contribution in [2.75, 3.05) is 13.2 Å². The Balaban J connectivity index is 1.60. The second-order valence-corrected chi connectivity index (χ2v) is 6.58. The standard InChI is InChI=1S/C21H22N2O4/c1-2-25-21(24)27-19-11-16-18(12-22-19)23-17-10-6-7-14(20(16)17)13-26-15-8-4-3-5-9-15/h3-5,8-9,11-12,14,23H,2,6-7,10,13H2,1H3. The van der Waals surface area contributed by atoms with E-state index < -0.39 is 6.16 Å². The first-order valence-corrected chi connectivity index (χ1v) is 9.27. The molecular formula is C21H22N2O4. The highest BCUT2D eigenvalue weighted by atomic mass is 16.7. The molecule has 1 N–H and O–H groups in total. The molecule has 0 fully saturated rings. The predicted molar refractivity (Wildman–Crippen MR) is 101 cm³/mol. The maximum atomic E-state index is 11.6. The van der Waals surface area contributed by atoms with Crippen molar-refractivity contribution < 1.29 is 19.0 Å². The van der Waals surface area contributed by atoms with Gasteiger partial charge in [0, 0.05) is 23.1 Å². The lowest BCUT2D eigenvalue weighted by molar-refractivity contribution is 0.103. The molecule has 1 aromatic carbocycles. The summed E-state index contributed by atoms with van der Waals surface area (Å²) in [5.74, 6) is 1.40. The number of aromatic amines is 1. The number of pyridine rings is 1. The molecular weight excluding hydrogens is 344 g/mol. The minimum atomic E-state index is -0.738. The Hall–Kier alpha value is -3.02. The fraction of sp³-hybridized carbons (Fsp3) is 0.333. The highest BCUT2D eigenvalue weighted by Crippen LogP contribution is 2.38. The molecule has 2 heterocycles. The summed E-state index contributed by atoms with van der Waals surface area (Å²) < 4.78 is 16.0. The minimum absolute atomic E-state index is 0.246. The topological polar surface area (TPSA) is 73.4 Å². The maximum absolute atomic E-state index is 11.6. The number of para-hydroxylation sites is 1. The Morgan fingerprint density at radius 2 is 2.15 bits per heavy atom. The van der Waals surface area contributed by atoms with Crippen LogP contribution in [0.3, 0.4) is 0 Å². The van der Waals surface area contributed by atoms with Crippen LogP contribution >= 0.6 is 0 Å². The molecule has 27 heavy (non-hydrogen) atoms. The summed E-state index contributed by atoms with van der Waals surface area (Å²) in [5.41, 5.74) is 3.40. The number of nitrogens with zero attached hydrogens (tertiary/aromatic N) is 1. The zero-order valence-electron chi connectivity index (χ0n) is 15.2. The van der Waals surface area contributed by atoms with Crippen molar-refractivity contribution >= 4 is 17.1 Å². The number of rotatable bonds is 5. The van der Waals surface area contributed by atoms with Crippen LogP contribution in [0.1, 0.15) is 36.9 Å². The summed E-state index contributed by atoms with van der Waals surface area (Å²) in [6, 6.07) is 11.7. The van der Waals surface area contributed by atoms with Crippen molar-refractivity contribution in [3.05, 3.63) is 53.9 Å². The van der Waals surface area contributed by atoms with Gasteiger partial charge in [0.25, 0.3) is 0 Å². The molecule has 1 aliphatic rings. The quantitative estimate of drug-likeness (QED) is 0.668. The van der Waals surface area contributed by atoms with Gasteiger partial charge in [-0.15, -0.1) is 0 Å². The van der Waals surface area contributed by atoms with Gasteiger partial charge in [0.05, 0.1) is 24.9 Å². The SMILES string of the molecule is CCOC(=O)Oc1cc2c3c([nH]c2cn1)CCCC3COc1ccccc1. The highest BCUT2D eigenvalue weighted by molar-refractivity contribution is 5.86. The van der Waals surface area contributed by atoms with Gasteiger partial charge in [-0.2, -0.15) is 0 Å². The molecule has 0 aliphatic heterocycles. The molecule has 0 saturated carbocycles. The largest absolute Gasteiger partial charge is 0.515 e. The van der Waals surface area contributed by atoms with Crippen LogP contribution in [0.2, 0.25) is 0 Å². The third kappa shape index (κ3) is 3.74. The van der Waals surface area contributed by atoms with Gasteiger partial charge in [0.15, 0.2) is 0 Å². The van der Waals surface area contributed by atoms with E-state index in [1.54, 1.807) is 13.1 Å². The number of H-pyrrole nitrogens is 1. The fourth-order valence-electron chi connectivity index (χ4n) is 3.65. The van der Waals surface area contributed by atoms with Crippen LogP contribution < -0.4 is 9.47 Å². The van der Waals surface area contributed by atoms with Gasteiger partial charge < -0.3 is 19.2 Å². The predicted octanol–water partition coefficient (Wildman–Crippen LogP) is 4.60. The number of aryl methyl sites for hydroxylation is 1. The average molecular weight is 366 g/mol. The molecule has 0 amide bonds. The number of fused-ring (bicyclic) bond motifs is 3. The van der Waals surface area contributed by atoms with E-state index in [-0.39, 0.29) is 18.4 Å². The summed E-state index contributed by atoms with van der Waals surface area (Å²) in [4.78, 5) is 19.3. The third-order valence-electron chi connectivity index (χ3n) is 4.81. The lowest BCUT2D eigenvalue weighted by atomic mass is 9.86. The van der Waals surface area contributed by atoms with Gasteiger partial charge in [-0.05, 0) is 43.9 Å². The first-order valence-electron chi connectivity index (χ1n) is 9.27. The Bertz CT molecular complexity index is 936. The number of carbonyl (C=O) groups is 1. The van der Waals surface area contributed by atoms with Crippen LogP contribution in [0.4, 0.5) is 4.79 Å². The van der Waals surface area contributed by atoms with E-state index in [4.69, 9.17) is 14.2 Å². The van der Waals surface area contributed by atoms with Crippen molar-refractivity contribution in [2.45, 2.75) is 32.1 Å². The minimum Gasteiger partial charge on any atom is -0.493 e. The average Bonchev–Trinajstić information content (AvgIpc) is 3.06. The van der Waals surface area contributed by atoms with Crippen LogP contribution in [0.5, 0.6) is 11.6 Å². The molecule has 6 nitrogen and oxygen atoms in total. The molecule has 6 heteroatoms. The Morgan fingerprint density at radius 1 is 1.30 bits per heavy atom. The van der Waals surface area contributed by atoms with Crippen LogP contribution in [-0.4, -0.2) is 29.3 Å². The molecule has 2 aromatic heterocycles. The van der Waals surface area contributed by atoms with E-state index in [2.05, 4.69) is 9.97 Å². The summed E-state index contributed by atoms with van der Waals surface area (Å²) in [7, 11) is 0. The summed E-state index contributed by atoms with van der Waals surface area (Å²) >= 11 is 0. The highest BCUT2D eigenvalue weighted by Gasteiger charge is 2.26. The monoisotopic (exact) mass is 366 g/mol. The lowest BCUT2D eigenvalue weighted by Crippen LogP contribution is -2.16. The number of aromatic nitrogens is 2. The molecule has 3 aromatic rings. The molecule has 140 valence electrons.